The predicted octanol–water partition coefficient (Wildman–Crippen LogP) is 0.141. The van der Waals surface area contributed by atoms with Crippen LogP contribution >= 0.6 is 0 Å². The summed E-state index contributed by atoms with van der Waals surface area (Å²) in [7, 11) is 1.90. The lowest BCUT2D eigenvalue weighted by atomic mass is 10.1. The summed E-state index contributed by atoms with van der Waals surface area (Å²) < 4.78 is 12.7. The second kappa shape index (κ2) is 12.5. The van der Waals surface area contributed by atoms with Gasteiger partial charge in [-0.1, -0.05) is 0 Å². The summed E-state index contributed by atoms with van der Waals surface area (Å²) >= 11 is 0. The van der Waals surface area contributed by atoms with E-state index in [0.717, 1.165) is 16.6 Å². The molecule has 1 heterocycles. The Hall–Kier alpha value is -3.15. The second-order valence-electron chi connectivity index (χ2n) is 6.42. The smallest absolute Gasteiger partial charge is 0.414 e. The van der Waals surface area contributed by atoms with Crippen molar-refractivity contribution >= 4 is 28.8 Å². The Morgan fingerprint density at radius 1 is 1.19 bits per heavy atom. The molecule has 2 aromatic rings. The summed E-state index contributed by atoms with van der Waals surface area (Å²) in [5.74, 6) is -3.43. The zero-order chi connectivity index (χ0) is 23.6. The van der Waals surface area contributed by atoms with E-state index >= 15 is 0 Å². The molecule has 1 aromatic carbocycles. The number of carboxylic acids is 2. The highest BCUT2D eigenvalue weighted by Crippen LogP contribution is 2.29. The first-order valence-electron chi connectivity index (χ1n) is 9.48. The van der Waals surface area contributed by atoms with Crippen LogP contribution in [0.3, 0.4) is 0 Å². The minimum atomic E-state index is -1.82. The summed E-state index contributed by atoms with van der Waals surface area (Å²) in [6.07, 6.45) is -0.690. The van der Waals surface area contributed by atoms with E-state index in [-0.39, 0.29) is 19.2 Å². The molecule has 0 bridgehead atoms. The van der Waals surface area contributed by atoms with Gasteiger partial charge in [0.2, 0.25) is 0 Å². The monoisotopic (exact) mass is 440 g/mol. The highest BCUT2D eigenvalue weighted by Gasteiger charge is 2.20. The second-order valence-corrected chi connectivity index (χ2v) is 6.42. The zero-order valence-corrected chi connectivity index (χ0v) is 17.6. The number of fused-ring (bicyclic) bond motifs is 1. The molecule has 2 rings (SSSR count). The van der Waals surface area contributed by atoms with Gasteiger partial charge in [-0.05, 0) is 32.0 Å². The number of carbonyl (C=O) groups is 3. The SMILES string of the molecule is CCOC(=O)c1c(C)n(C)c2ccc(OCC(O)CNCCO)cc12.O=C(O)C(=O)O. The van der Waals surface area contributed by atoms with Crippen molar-refractivity contribution in [1.29, 1.82) is 0 Å². The van der Waals surface area contributed by atoms with Gasteiger partial charge in [-0.15, -0.1) is 0 Å². The number of esters is 1. The molecule has 1 atom stereocenters. The van der Waals surface area contributed by atoms with E-state index in [1.165, 1.54) is 0 Å². The number of aromatic nitrogens is 1. The van der Waals surface area contributed by atoms with Gasteiger partial charge in [0.05, 0.1) is 18.8 Å². The fourth-order valence-electron chi connectivity index (χ4n) is 2.70. The molecule has 172 valence electrons. The number of hydrogen-bond acceptors (Lipinski definition) is 8. The summed E-state index contributed by atoms with van der Waals surface area (Å²) in [5, 5.41) is 37.0. The fourth-order valence-corrected chi connectivity index (χ4v) is 2.70. The molecule has 11 nitrogen and oxygen atoms in total. The molecule has 0 amide bonds. The molecule has 1 aromatic heterocycles. The lowest BCUT2D eigenvalue weighted by Gasteiger charge is -2.13. The summed E-state index contributed by atoms with van der Waals surface area (Å²) in [6, 6.07) is 5.49. The van der Waals surface area contributed by atoms with Crippen molar-refractivity contribution in [3.05, 3.63) is 29.5 Å². The molecule has 0 saturated carbocycles. The summed E-state index contributed by atoms with van der Waals surface area (Å²) in [4.78, 5) is 30.5. The van der Waals surface area contributed by atoms with E-state index in [2.05, 4.69) is 5.32 Å². The number of nitrogens with one attached hydrogen (secondary N) is 1. The third kappa shape index (κ3) is 7.55. The molecule has 0 aliphatic carbocycles. The maximum atomic E-state index is 12.3. The van der Waals surface area contributed by atoms with Crippen molar-refractivity contribution in [2.45, 2.75) is 20.0 Å². The normalized spacial score (nSPS) is 11.4. The number of nitrogens with zero attached hydrogens (tertiary/aromatic N) is 1. The van der Waals surface area contributed by atoms with E-state index < -0.39 is 18.0 Å². The molecule has 0 saturated heterocycles. The third-order valence-electron chi connectivity index (χ3n) is 4.24. The molecule has 5 N–H and O–H groups in total. The standard InChI is InChI=1S/C18H26N2O5.C2H2O4/c1-4-24-18(23)17-12(2)20(3)16-6-5-14(9-15(16)17)25-11-13(22)10-19-7-8-21;3-1(4)2(5)6/h5-6,9,13,19,21-22H,4,7-8,10-11H2,1-3H3;(H,3,4)(H,5,6). The molecule has 0 spiro atoms. The Morgan fingerprint density at radius 3 is 2.39 bits per heavy atom. The predicted molar refractivity (Wildman–Crippen MR) is 110 cm³/mol. The number of aliphatic carboxylic acids is 2. The van der Waals surface area contributed by atoms with Gasteiger partial charge in [-0.2, -0.15) is 0 Å². The van der Waals surface area contributed by atoms with Crippen LogP contribution in [0.5, 0.6) is 5.75 Å². The van der Waals surface area contributed by atoms with Crippen molar-refractivity contribution in [2.75, 3.05) is 32.9 Å². The first-order valence-corrected chi connectivity index (χ1v) is 9.48. The Balaban J connectivity index is 0.000000703. The first kappa shape index (κ1) is 25.9. The molecule has 11 heteroatoms. The van der Waals surface area contributed by atoms with Crippen molar-refractivity contribution < 1.29 is 44.3 Å². The largest absolute Gasteiger partial charge is 0.491 e. The van der Waals surface area contributed by atoms with Crippen LogP contribution in [0.25, 0.3) is 10.9 Å². The average molecular weight is 440 g/mol. The van der Waals surface area contributed by atoms with E-state index in [0.29, 0.717) is 31.0 Å². The minimum absolute atomic E-state index is 0.0221. The van der Waals surface area contributed by atoms with Crippen molar-refractivity contribution in [2.24, 2.45) is 7.05 Å². The zero-order valence-electron chi connectivity index (χ0n) is 17.6. The molecule has 0 fully saturated rings. The quantitative estimate of drug-likeness (QED) is 0.205. The molecular formula is C20H28N2O9. The van der Waals surface area contributed by atoms with Crippen LogP contribution in [0.15, 0.2) is 18.2 Å². The van der Waals surface area contributed by atoms with Crippen LogP contribution in [-0.2, 0) is 21.4 Å². The Labute approximate surface area is 178 Å². The van der Waals surface area contributed by atoms with Crippen LogP contribution in [0, 0.1) is 6.92 Å². The number of carboxylic acid groups (broad SMARTS) is 2. The number of aryl methyl sites for hydroxylation is 1. The van der Waals surface area contributed by atoms with Crippen molar-refractivity contribution in [3.8, 4) is 5.75 Å². The lowest BCUT2D eigenvalue weighted by Crippen LogP contribution is -2.32. The number of aliphatic hydroxyl groups is 2. The van der Waals surface area contributed by atoms with E-state index in [1.807, 2.05) is 30.7 Å². The Morgan fingerprint density at radius 2 is 1.84 bits per heavy atom. The number of aliphatic hydroxyl groups excluding tert-OH is 2. The lowest BCUT2D eigenvalue weighted by molar-refractivity contribution is -0.159. The van der Waals surface area contributed by atoms with E-state index in [1.54, 1.807) is 13.0 Å². The van der Waals surface area contributed by atoms with Crippen molar-refractivity contribution in [3.63, 3.8) is 0 Å². The number of hydrogen-bond donors (Lipinski definition) is 5. The van der Waals surface area contributed by atoms with Crippen LogP contribution in [0.4, 0.5) is 0 Å². The fraction of sp³-hybridized carbons (Fsp3) is 0.450. The van der Waals surface area contributed by atoms with Crippen LogP contribution in [0.1, 0.15) is 23.0 Å². The first-order chi connectivity index (χ1) is 14.6. The third-order valence-corrected chi connectivity index (χ3v) is 4.24. The number of benzene rings is 1. The van der Waals surface area contributed by atoms with Gasteiger partial charge < -0.3 is 39.8 Å². The van der Waals surface area contributed by atoms with Crippen molar-refractivity contribution in [1.82, 2.24) is 9.88 Å². The summed E-state index contributed by atoms with van der Waals surface area (Å²) in [5.41, 5.74) is 2.28. The molecule has 1 unspecified atom stereocenters. The highest BCUT2D eigenvalue weighted by molar-refractivity contribution is 6.27. The topological polar surface area (TPSA) is 168 Å². The molecule has 0 aliphatic heterocycles. The molecule has 0 aliphatic rings. The molecule has 0 radical (unpaired) electrons. The van der Waals surface area contributed by atoms with Gasteiger partial charge in [0.15, 0.2) is 0 Å². The van der Waals surface area contributed by atoms with Crippen LogP contribution in [-0.4, -0.2) is 81.9 Å². The number of carbonyl (C=O) groups excluding carboxylic acids is 1. The van der Waals surface area contributed by atoms with Gasteiger partial charge >= 0.3 is 17.9 Å². The number of rotatable bonds is 9. The van der Waals surface area contributed by atoms with E-state index in [9.17, 15) is 9.90 Å². The Kier molecular flexibility index (Phi) is 10.5. The summed E-state index contributed by atoms with van der Waals surface area (Å²) in [6.45, 7) is 4.87. The highest BCUT2D eigenvalue weighted by atomic mass is 16.5. The van der Waals surface area contributed by atoms with E-state index in [4.69, 9.17) is 34.4 Å². The van der Waals surface area contributed by atoms with Crippen LogP contribution in [0.2, 0.25) is 0 Å². The Bertz CT molecular complexity index is 896. The van der Waals surface area contributed by atoms with Gasteiger partial charge in [-0.25, -0.2) is 14.4 Å². The maximum Gasteiger partial charge on any atom is 0.414 e. The van der Waals surface area contributed by atoms with Gasteiger partial charge in [0, 0.05) is 36.7 Å². The van der Waals surface area contributed by atoms with Gasteiger partial charge in [-0.3, -0.25) is 0 Å². The maximum absolute atomic E-state index is 12.3. The number of ether oxygens (including phenoxy) is 2. The van der Waals surface area contributed by atoms with Gasteiger partial charge in [0.1, 0.15) is 18.5 Å². The molecular weight excluding hydrogens is 412 g/mol. The average Bonchev–Trinajstić information content (AvgIpc) is 2.97. The minimum Gasteiger partial charge on any atom is -0.491 e. The van der Waals surface area contributed by atoms with Gasteiger partial charge in [0.25, 0.3) is 0 Å². The molecule has 31 heavy (non-hydrogen) atoms. The van der Waals surface area contributed by atoms with Crippen LogP contribution < -0.4 is 10.1 Å².